The fraction of sp³-hybridized carbons (Fsp3) is 0.138. The van der Waals surface area contributed by atoms with Crippen molar-refractivity contribution in [1.82, 2.24) is 4.57 Å². The summed E-state index contributed by atoms with van der Waals surface area (Å²) < 4.78 is 6.46. The van der Waals surface area contributed by atoms with E-state index in [0.717, 1.165) is 6.42 Å². The number of hydrogen-bond donors (Lipinski definition) is 0. The van der Waals surface area contributed by atoms with E-state index < -0.39 is 21.3 Å². The number of allylic oxidation sites excluding steroid dienone is 4. The van der Waals surface area contributed by atoms with Crippen LogP contribution < -0.4 is 24.8 Å². The van der Waals surface area contributed by atoms with E-state index >= 15 is 0 Å². The molecule has 2 aliphatic carbocycles. The van der Waals surface area contributed by atoms with Gasteiger partial charge in [-0.3, -0.25) is 0 Å². The van der Waals surface area contributed by atoms with Crippen LogP contribution in [0.4, 0.5) is 0 Å². The third kappa shape index (κ3) is 3.77. The van der Waals surface area contributed by atoms with Gasteiger partial charge < -0.3 is 24.8 Å². The van der Waals surface area contributed by atoms with Crippen molar-refractivity contribution in [2.75, 3.05) is 0 Å². The van der Waals surface area contributed by atoms with Crippen molar-refractivity contribution in [3.05, 3.63) is 111 Å². The molecule has 0 saturated heterocycles. The zero-order valence-electron chi connectivity index (χ0n) is 18.7. The van der Waals surface area contributed by atoms with Crippen molar-refractivity contribution in [2.45, 2.75) is 23.9 Å². The summed E-state index contributed by atoms with van der Waals surface area (Å²) >= 11 is -2.11. The van der Waals surface area contributed by atoms with Gasteiger partial charge in [-0.25, -0.2) is 0 Å². The first-order chi connectivity index (χ1) is 15.3. The predicted octanol–water partition coefficient (Wildman–Crippen LogP) is 1.38. The summed E-state index contributed by atoms with van der Waals surface area (Å²) in [6.07, 6.45) is 8.19. The first kappa shape index (κ1) is 24.1. The largest absolute Gasteiger partial charge is 1.00 e. The summed E-state index contributed by atoms with van der Waals surface area (Å²) in [7, 11) is 0. The Bertz CT molecular complexity index is 1420. The van der Waals surface area contributed by atoms with Gasteiger partial charge in [0.15, 0.2) is 0 Å². The van der Waals surface area contributed by atoms with E-state index in [9.17, 15) is 0 Å². The third-order valence-corrected chi connectivity index (χ3v) is 14.8. The van der Waals surface area contributed by atoms with E-state index in [4.69, 9.17) is 0 Å². The minimum atomic E-state index is -2.11. The fourth-order valence-electron chi connectivity index (χ4n) is 5.53. The molecule has 4 aromatic rings. The van der Waals surface area contributed by atoms with Crippen LogP contribution in [-0.4, -0.2) is 7.77 Å². The van der Waals surface area contributed by atoms with Gasteiger partial charge >= 0.3 is 192 Å². The third-order valence-electron chi connectivity index (χ3n) is 6.69. The van der Waals surface area contributed by atoms with Gasteiger partial charge in [0.05, 0.1) is 0 Å². The topological polar surface area (TPSA) is 4.93 Å². The quantitative estimate of drug-likeness (QED) is 0.364. The van der Waals surface area contributed by atoms with Crippen LogP contribution in [0, 0.1) is 0 Å². The first-order valence-corrected chi connectivity index (χ1v) is 14.9. The van der Waals surface area contributed by atoms with Gasteiger partial charge in [0.2, 0.25) is 0 Å². The molecule has 0 saturated carbocycles. The molecule has 6 rings (SSSR count). The second-order valence-corrected chi connectivity index (χ2v) is 16.2. The summed E-state index contributed by atoms with van der Waals surface area (Å²) in [4.78, 5) is 0. The summed E-state index contributed by atoms with van der Waals surface area (Å²) in [5.74, 6) is 0. The Morgan fingerprint density at radius 2 is 1.55 bits per heavy atom. The molecule has 0 aliphatic heterocycles. The summed E-state index contributed by atoms with van der Waals surface area (Å²) in [5.41, 5.74) is 8.54. The number of benzene rings is 3. The first-order valence-electron chi connectivity index (χ1n) is 11.1. The van der Waals surface area contributed by atoms with Crippen molar-refractivity contribution >= 4 is 14.1 Å². The van der Waals surface area contributed by atoms with Crippen LogP contribution in [0.25, 0.3) is 27.8 Å². The van der Waals surface area contributed by atoms with E-state index in [2.05, 4.69) is 116 Å². The molecular weight excluding hydrogens is 524 g/mol. The Balaban J connectivity index is 0.00000130. The number of rotatable bonds is 3. The number of aromatic nitrogens is 1. The predicted molar refractivity (Wildman–Crippen MR) is 129 cm³/mol. The molecule has 2 aliphatic rings. The van der Waals surface area contributed by atoms with Crippen LogP contribution in [0.3, 0.4) is 0 Å². The van der Waals surface area contributed by atoms with Crippen molar-refractivity contribution in [2.24, 2.45) is 0 Å². The molecule has 3 aromatic carbocycles. The van der Waals surface area contributed by atoms with Gasteiger partial charge in [0, 0.05) is 0 Å². The SMILES string of the molecule is C[C](C)=[Zr+2]([C]1=CC=CC1)[CH]1c2ccccc2-c2c1c1ccccc1n2-c1ccccc1.[Cl-].[Cl-]. The van der Waals surface area contributed by atoms with E-state index in [-0.39, 0.29) is 24.8 Å². The van der Waals surface area contributed by atoms with Crippen LogP contribution >= 0.6 is 0 Å². The molecule has 1 nitrogen and oxygen atoms in total. The molecule has 33 heavy (non-hydrogen) atoms. The Labute approximate surface area is 215 Å². The monoisotopic (exact) mass is 547 g/mol. The molecule has 0 N–H and O–H groups in total. The van der Waals surface area contributed by atoms with Gasteiger partial charge in [-0.1, -0.05) is 0 Å². The molecule has 164 valence electrons. The van der Waals surface area contributed by atoms with Crippen LogP contribution in [0.15, 0.2) is 100 Å². The molecule has 1 unspecified atom stereocenters. The average molecular weight is 550 g/mol. The zero-order chi connectivity index (χ0) is 20.9. The van der Waals surface area contributed by atoms with E-state index in [1.54, 1.807) is 17.6 Å². The molecule has 1 aromatic heterocycles. The Morgan fingerprint density at radius 3 is 2.27 bits per heavy atom. The average Bonchev–Trinajstić information content (AvgIpc) is 3.51. The van der Waals surface area contributed by atoms with E-state index in [1.807, 2.05) is 0 Å². The van der Waals surface area contributed by atoms with Gasteiger partial charge in [-0.05, 0) is 0 Å². The van der Waals surface area contributed by atoms with Crippen molar-refractivity contribution in [3.63, 3.8) is 0 Å². The summed E-state index contributed by atoms with van der Waals surface area (Å²) in [6.45, 7) is 4.79. The number of para-hydroxylation sites is 2. The number of nitrogens with zero attached hydrogens (tertiary/aromatic N) is 1. The Morgan fingerprint density at radius 1 is 0.848 bits per heavy atom. The van der Waals surface area contributed by atoms with Crippen LogP contribution in [-0.2, 0) is 21.3 Å². The van der Waals surface area contributed by atoms with Crippen molar-refractivity contribution in [1.29, 1.82) is 0 Å². The van der Waals surface area contributed by atoms with Gasteiger partial charge in [-0.15, -0.1) is 0 Å². The second kappa shape index (κ2) is 9.71. The van der Waals surface area contributed by atoms with Crippen molar-refractivity contribution in [3.8, 4) is 16.9 Å². The van der Waals surface area contributed by atoms with Crippen LogP contribution in [0.2, 0.25) is 0 Å². The molecule has 1 heterocycles. The van der Waals surface area contributed by atoms with Crippen LogP contribution in [0.5, 0.6) is 0 Å². The Kier molecular flexibility index (Phi) is 7.10. The number of fused-ring (bicyclic) bond motifs is 5. The minimum absolute atomic E-state index is 0. The maximum atomic E-state index is 2.51. The molecule has 1 atom stereocenters. The fourth-order valence-corrected chi connectivity index (χ4v) is 13.8. The normalized spacial score (nSPS) is 15.1. The van der Waals surface area contributed by atoms with Gasteiger partial charge in [-0.2, -0.15) is 0 Å². The standard InChI is InChI=1S/C21H14N.C5H5.C3H6.2ClH.Zr/c1-2-9-16(10-3-1)22-20-13-7-6-12-18(20)19-14-15-8-4-5-11-17(15)21(19)22;1-2-4-5-3-1;1-3-2;;;/h1-14H;1-3H,4H2;1-2H3;2*1H;/q;;;;;+2/p-2. The van der Waals surface area contributed by atoms with Crippen molar-refractivity contribution < 1.29 is 46.1 Å². The minimum Gasteiger partial charge on any atom is -1.00 e. The maximum Gasteiger partial charge on any atom is -1.00 e. The molecule has 0 bridgehead atoms. The van der Waals surface area contributed by atoms with Gasteiger partial charge in [0.1, 0.15) is 0 Å². The zero-order valence-corrected chi connectivity index (χ0v) is 22.7. The second-order valence-electron chi connectivity index (χ2n) is 8.71. The molecule has 0 fully saturated rings. The van der Waals surface area contributed by atoms with E-state index in [0.29, 0.717) is 3.63 Å². The van der Waals surface area contributed by atoms with Gasteiger partial charge in [0.25, 0.3) is 0 Å². The van der Waals surface area contributed by atoms with E-state index in [1.165, 1.54) is 27.8 Å². The Hall–Kier alpha value is -1.99. The molecular formula is C29H25Cl2NZr. The molecule has 0 radical (unpaired) electrons. The number of hydrogen-bond acceptors (Lipinski definition) is 0. The van der Waals surface area contributed by atoms with Crippen LogP contribution in [0.1, 0.15) is 35.0 Å². The molecule has 0 amide bonds. The molecule has 4 heteroatoms. The summed E-state index contributed by atoms with van der Waals surface area (Å²) in [5, 5.41) is 1.42. The summed E-state index contributed by atoms with van der Waals surface area (Å²) in [6, 6.07) is 29.1. The number of halogens is 2. The maximum absolute atomic E-state index is 2.51. The molecule has 0 spiro atoms. The smallest absolute Gasteiger partial charge is 1.00 e.